The van der Waals surface area contributed by atoms with Gasteiger partial charge in [-0.25, -0.2) is 4.79 Å². The number of aliphatic hydroxyl groups is 1. The van der Waals surface area contributed by atoms with Gasteiger partial charge in [0.1, 0.15) is 0 Å². The Morgan fingerprint density at radius 1 is 1.23 bits per heavy atom. The van der Waals surface area contributed by atoms with E-state index in [-0.39, 0.29) is 18.4 Å². The SMILES string of the molecule is O=C(OCC12CC3CC(CC(O)(C3)C1)C2)C(F)(F)S(=O)(=O)O. The number of hydrogen-bond donors (Lipinski definition) is 2. The Hall–Kier alpha value is -0.800. The highest BCUT2D eigenvalue weighted by molar-refractivity contribution is 7.87. The molecule has 4 saturated carbocycles. The molecule has 2 unspecified atom stereocenters. The molecule has 0 aromatic carbocycles. The third-order valence-electron chi connectivity index (χ3n) is 5.22. The molecule has 0 saturated heterocycles. The number of halogens is 2. The Kier molecular flexibility index (Phi) is 3.37. The second-order valence-electron chi connectivity index (χ2n) is 7.25. The third kappa shape index (κ3) is 2.52. The molecule has 0 spiro atoms. The van der Waals surface area contributed by atoms with E-state index in [1.54, 1.807) is 0 Å². The molecule has 0 aromatic rings. The first kappa shape index (κ1) is 16.1. The number of carbonyl (C=O) groups excluding carboxylic acids is 1. The van der Waals surface area contributed by atoms with Crippen LogP contribution >= 0.6 is 0 Å². The maximum Gasteiger partial charge on any atom is 0.465 e. The predicted molar refractivity (Wildman–Crippen MR) is 69.5 cm³/mol. The normalized spacial score (nSPS) is 40.7. The van der Waals surface area contributed by atoms with E-state index in [9.17, 15) is 27.1 Å². The van der Waals surface area contributed by atoms with Gasteiger partial charge in [0, 0.05) is 5.41 Å². The predicted octanol–water partition coefficient (Wildman–Crippen LogP) is 1.34. The van der Waals surface area contributed by atoms with Crippen molar-refractivity contribution < 1.29 is 36.4 Å². The number of carbonyl (C=O) groups is 1. The lowest BCUT2D eigenvalue weighted by atomic mass is 9.48. The highest BCUT2D eigenvalue weighted by Gasteiger charge is 2.59. The Labute approximate surface area is 126 Å². The second kappa shape index (κ2) is 4.61. The topological polar surface area (TPSA) is 101 Å². The van der Waals surface area contributed by atoms with Crippen LogP contribution in [0.25, 0.3) is 0 Å². The van der Waals surface area contributed by atoms with E-state index < -0.39 is 32.4 Å². The zero-order valence-corrected chi connectivity index (χ0v) is 12.6. The van der Waals surface area contributed by atoms with Crippen LogP contribution in [0.5, 0.6) is 0 Å². The molecule has 4 rings (SSSR count). The van der Waals surface area contributed by atoms with Crippen LogP contribution in [0.3, 0.4) is 0 Å². The van der Waals surface area contributed by atoms with Gasteiger partial charge in [-0.2, -0.15) is 17.2 Å². The van der Waals surface area contributed by atoms with Crippen molar-refractivity contribution in [3.8, 4) is 0 Å². The molecule has 4 fully saturated rings. The summed E-state index contributed by atoms with van der Waals surface area (Å²) in [6.07, 6.45) is 4.07. The third-order valence-corrected chi connectivity index (χ3v) is 6.04. The fraction of sp³-hybridized carbons (Fsp3) is 0.923. The van der Waals surface area contributed by atoms with Crippen molar-refractivity contribution in [3.63, 3.8) is 0 Å². The van der Waals surface area contributed by atoms with Gasteiger partial charge in [-0.3, -0.25) is 4.55 Å². The molecule has 4 aliphatic carbocycles. The molecule has 9 heteroatoms. The number of esters is 1. The standard InChI is InChI=1S/C13H18F2O6S/c14-13(15,22(18,19)20)10(16)21-7-11-2-8-1-9(3-11)5-12(17,4-8)6-11/h8-9,17H,1-7H2,(H,18,19,20). The van der Waals surface area contributed by atoms with Crippen LogP contribution in [0.1, 0.15) is 38.5 Å². The minimum atomic E-state index is -5.85. The Bertz CT molecular complexity index is 588. The number of alkyl halides is 2. The van der Waals surface area contributed by atoms with Gasteiger partial charge < -0.3 is 9.84 Å². The van der Waals surface area contributed by atoms with E-state index in [0.717, 1.165) is 6.42 Å². The van der Waals surface area contributed by atoms with E-state index in [1.165, 1.54) is 0 Å². The molecular formula is C13H18F2O6S. The maximum absolute atomic E-state index is 13.2. The summed E-state index contributed by atoms with van der Waals surface area (Å²) in [7, 11) is -5.85. The van der Waals surface area contributed by atoms with Crippen LogP contribution in [0.2, 0.25) is 0 Å². The van der Waals surface area contributed by atoms with Gasteiger partial charge in [0.05, 0.1) is 12.2 Å². The average molecular weight is 340 g/mol. The fourth-order valence-electron chi connectivity index (χ4n) is 4.98. The lowest BCUT2D eigenvalue weighted by Gasteiger charge is -2.59. The molecule has 0 heterocycles. The summed E-state index contributed by atoms with van der Waals surface area (Å²) >= 11 is 0. The lowest BCUT2D eigenvalue weighted by Crippen LogP contribution is -2.57. The second-order valence-corrected chi connectivity index (χ2v) is 8.72. The van der Waals surface area contributed by atoms with Crippen LogP contribution < -0.4 is 0 Å². The summed E-state index contributed by atoms with van der Waals surface area (Å²) in [6.45, 7) is -0.355. The van der Waals surface area contributed by atoms with E-state index >= 15 is 0 Å². The molecule has 0 aromatic heterocycles. The number of hydrogen-bond acceptors (Lipinski definition) is 5. The van der Waals surface area contributed by atoms with Crippen LogP contribution in [-0.2, 0) is 19.6 Å². The first-order valence-electron chi connectivity index (χ1n) is 7.19. The Morgan fingerprint density at radius 2 is 1.77 bits per heavy atom. The largest absolute Gasteiger partial charge is 0.465 e. The molecule has 4 bridgehead atoms. The lowest BCUT2D eigenvalue weighted by molar-refractivity contribution is -0.193. The molecule has 6 nitrogen and oxygen atoms in total. The van der Waals surface area contributed by atoms with Crippen LogP contribution in [0, 0.1) is 17.3 Å². The zero-order valence-electron chi connectivity index (χ0n) is 11.8. The van der Waals surface area contributed by atoms with Gasteiger partial charge in [0.25, 0.3) is 0 Å². The smallest absolute Gasteiger partial charge is 0.460 e. The van der Waals surface area contributed by atoms with Crippen molar-refractivity contribution in [1.82, 2.24) is 0 Å². The first-order valence-corrected chi connectivity index (χ1v) is 8.63. The molecule has 2 atom stereocenters. The highest BCUT2D eigenvalue weighted by Crippen LogP contribution is 2.61. The molecular weight excluding hydrogens is 322 g/mol. The van der Waals surface area contributed by atoms with Crippen molar-refractivity contribution in [2.75, 3.05) is 6.61 Å². The zero-order chi connectivity index (χ0) is 16.4. The van der Waals surface area contributed by atoms with Gasteiger partial charge in [0.15, 0.2) is 0 Å². The van der Waals surface area contributed by atoms with Gasteiger partial charge >= 0.3 is 21.3 Å². The van der Waals surface area contributed by atoms with Gasteiger partial charge in [-0.05, 0) is 50.4 Å². The van der Waals surface area contributed by atoms with E-state index in [2.05, 4.69) is 4.74 Å². The summed E-state index contributed by atoms with van der Waals surface area (Å²) in [5.41, 5.74) is -1.40. The first-order chi connectivity index (χ1) is 9.95. The van der Waals surface area contributed by atoms with Gasteiger partial charge in [-0.15, -0.1) is 0 Å². The molecule has 0 radical (unpaired) electrons. The molecule has 0 aliphatic heterocycles. The molecule has 126 valence electrons. The minimum Gasteiger partial charge on any atom is -0.460 e. The molecule has 0 amide bonds. The highest BCUT2D eigenvalue weighted by atomic mass is 32.2. The molecule has 2 N–H and O–H groups in total. The Morgan fingerprint density at radius 3 is 2.23 bits per heavy atom. The summed E-state index contributed by atoms with van der Waals surface area (Å²) in [4.78, 5) is 11.3. The van der Waals surface area contributed by atoms with Gasteiger partial charge in [0.2, 0.25) is 0 Å². The summed E-state index contributed by atoms with van der Waals surface area (Å²) < 4.78 is 60.4. The molecule has 22 heavy (non-hydrogen) atoms. The maximum atomic E-state index is 13.2. The summed E-state index contributed by atoms with van der Waals surface area (Å²) in [5, 5.41) is 5.53. The molecule has 4 aliphatic rings. The van der Waals surface area contributed by atoms with Crippen molar-refractivity contribution in [1.29, 1.82) is 0 Å². The number of ether oxygens (including phenoxy) is 1. The van der Waals surface area contributed by atoms with Crippen molar-refractivity contribution in [3.05, 3.63) is 0 Å². The van der Waals surface area contributed by atoms with Gasteiger partial charge in [-0.1, -0.05) is 0 Å². The van der Waals surface area contributed by atoms with Crippen LogP contribution in [0.15, 0.2) is 0 Å². The van der Waals surface area contributed by atoms with Crippen molar-refractivity contribution >= 4 is 16.1 Å². The van der Waals surface area contributed by atoms with Crippen molar-refractivity contribution in [2.24, 2.45) is 17.3 Å². The number of rotatable bonds is 4. The summed E-state index contributed by atoms with van der Waals surface area (Å²) in [5.74, 6) is -1.70. The Balaban J connectivity index is 1.71. The van der Waals surface area contributed by atoms with E-state index in [4.69, 9.17) is 4.55 Å². The minimum absolute atomic E-state index is 0.284. The van der Waals surface area contributed by atoms with Crippen LogP contribution in [-0.4, -0.2) is 41.5 Å². The van der Waals surface area contributed by atoms with Crippen LogP contribution in [0.4, 0.5) is 8.78 Å². The van der Waals surface area contributed by atoms with E-state index in [0.29, 0.717) is 32.1 Å². The van der Waals surface area contributed by atoms with Crippen molar-refractivity contribution in [2.45, 2.75) is 49.4 Å². The monoisotopic (exact) mass is 340 g/mol. The van der Waals surface area contributed by atoms with E-state index in [1.807, 2.05) is 0 Å². The summed E-state index contributed by atoms with van der Waals surface area (Å²) in [6, 6.07) is 0. The average Bonchev–Trinajstić information content (AvgIpc) is 2.31. The quantitative estimate of drug-likeness (QED) is 0.592. The fourth-order valence-corrected chi connectivity index (χ4v) is 5.25.